The Labute approximate surface area is 151 Å². The zero-order valence-electron chi connectivity index (χ0n) is 14.1. The highest BCUT2D eigenvalue weighted by molar-refractivity contribution is 6.30. The smallest absolute Gasteiger partial charge is 0.307 e. The fraction of sp³-hybridized carbons (Fsp3) is 0.263. The number of nitrogens with one attached hydrogen (secondary N) is 1. The molecule has 0 radical (unpaired) electrons. The number of ether oxygens (including phenoxy) is 2. The number of esters is 1. The average Bonchev–Trinajstić information content (AvgIpc) is 2.62. The summed E-state index contributed by atoms with van der Waals surface area (Å²) in [6.45, 7) is 0.484. The van der Waals surface area contributed by atoms with E-state index in [-0.39, 0.29) is 12.3 Å². The zero-order chi connectivity index (χ0) is 18.2. The van der Waals surface area contributed by atoms with Crippen LogP contribution in [0.2, 0.25) is 5.02 Å². The van der Waals surface area contributed by atoms with Gasteiger partial charge in [0.2, 0.25) is 0 Å². The van der Waals surface area contributed by atoms with Gasteiger partial charge in [-0.1, -0.05) is 35.9 Å². The predicted molar refractivity (Wildman–Crippen MR) is 95.4 cm³/mol. The first-order chi connectivity index (χ1) is 12.0. The summed E-state index contributed by atoms with van der Waals surface area (Å²) in [6.07, 6.45) is 0.0334. The van der Waals surface area contributed by atoms with E-state index in [1.807, 2.05) is 12.1 Å². The van der Waals surface area contributed by atoms with Crippen LogP contribution in [0.3, 0.4) is 0 Å². The fourth-order valence-corrected chi connectivity index (χ4v) is 2.48. The number of amides is 1. The number of halogens is 1. The first-order valence-electron chi connectivity index (χ1n) is 7.74. The number of hydrogen-bond acceptors (Lipinski definition) is 4. The van der Waals surface area contributed by atoms with Gasteiger partial charge in [0.25, 0.3) is 5.91 Å². The van der Waals surface area contributed by atoms with E-state index in [4.69, 9.17) is 21.1 Å². The lowest BCUT2D eigenvalue weighted by molar-refractivity contribution is -0.141. The van der Waals surface area contributed by atoms with Crippen LogP contribution >= 0.6 is 11.6 Å². The third-order valence-electron chi connectivity index (χ3n) is 3.70. The van der Waals surface area contributed by atoms with Crippen molar-refractivity contribution in [2.24, 2.45) is 0 Å². The van der Waals surface area contributed by atoms with Crippen LogP contribution < -0.4 is 5.32 Å². The highest BCUT2D eigenvalue weighted by atomic mass is 35.5. The third-order valence-corrected chi connectivity index (χ3v) is 3.96. The summed E-state index contributed by atoms with van der Waals surface area (Å²) in [5.41, 5.74) is 2.26. The molecule has 0 aliphatic rings. The summed E-state index contributed by atoms with van der Waals surface area (Å²) in [4.78, 5) is 24.2. The van der Waals surface area contributed by atoms with Gasteiger partial charge < -0.3 is 14.8 Å². The molecule has 0 aliphatic carbocycles. The maximum Gasteiger partial charge on any atom is 0.307 e. The molecule has 0 aromatic heterocycles. The molecule has 2 aromatic rings. The number of benzene rings is 2. The van der Waals surface area contributed by atoms with Crippen molar-refractivity contribution in [1.29, 1.82) is 0 Å². The van der Waals surface area contributed by atoms with E-state index in [9.17, 15) is 9.59 Å². The van der Waals surface area contributed by atoms with Gasteiger partial charge in [0.1, 0.15) is 0 Å². The van der Waals surface area contributed by atoms with E-state index >= 15 is 0 Å². The van der Waals surface area contributed by atoms with Crippen LogP contribution in [0.15, 0.2) is 48.5 Å². The number of rotatable bonds is 7. The molecule has 2 aromatic carbocycles. The standard InChI is InChI=1S/C19H20ClNO4/c1-24-12-13-3-5-15(6-4-13)19(23)21-17(11-18(22)25-2)14-7-9-16(20)10-8-14/h3-10,17H,11-12H2,1-2H3,(H,21,23). The van der Waals surface area contributed by atoms with Gasteiger partial charge in [-0.2, -0.15) is 0 Å². The van der Waals surface area contributed by atoms with Crippen LogP contribution in [0.5, 0.6) is 0 Å². The van der Waals surface area contributed by atoms with E-state index in [0.717, 1.165) is 11.1 Å². The van der Waals surface area contributed by atoms with Crippen molar-refractivity contribution < 1.29 is 19.1 Å². The number of hydrogen-bond donors (Lipinski definition) is 1. The number of carbonyl (C=O) groups excluding carboxylic acids is 2. The molecule has 1 amide bonds. The average molecular weight is 362 g/mol. The van der Waals surface area contributed by atoms with Crippen molar-refractivity contribution >= 4 is 23.5 Å². The molecule has 5 nitrogen and oxygen atoms in total. The van der Waals surface area contributed by atoms with Crippen molar-refractivity contribution in [3.8, 4) is 0 Å². The summed E-state index contributed by atoms with van der Waals surface area (Å²) < 4.78 is 9.78. The Kier molecular flexibility index (Phi) is 6.98. The molecular formula is C19H20ClNO4. The van der Waals surface area contributed by atoms with Gasteiger partial charge in [-0.25, -0.2) is 0 Å². The van der Waals surface area contributed by atoms with Crippen LogP contribution in [-0.4, -0.2) is 26.1 Å². The van der Waals surface area contributed by atoms with Crippen molar-refractivity contribution in [2.75, 3.05) is 14.2 Å². The van der Waals surface area contributed by atoms with Crippen molar-refractivity contribution in [3.63, 3.8) is 0 Å². The molecule has 1 atom stereocenters. The molecule has 25 heavy (non-hydrogen) atoms. The lowest BCUT2D eigenvalue weighted by Crippen LogP contribution is -2.30. The van der Waals surface area contributed by atoms with Crippen LogP contribution in [0, 0.1) is 0 Å². The highest BCUT2D eigenvalue weighted by Crippen LogP contribution is 2.21. The van der Waals surface area contributed by atoms with Gasteiger partial charge >= 0.3 is 5.97 Å². The second-order valence-corrected chi connectivity index (χ2v) is 5.92. The summed E-state index contributed by atoms with van der Waals surface area (Å²) >= 11 is 5.90. The van der Waals surface area contributed by atoms with E-state index in [2.05, 4.69) is 5.32 Å². The summed E-state index contributed by atoms with van der Waals surface area (Å²) in [5, 5.41) is 3.46. The largest absolute Gasteiger partial charge is 0.469 e. The maximum absolute atomic E-state index is 12.5. The van der Waals surface area contributed by atoms with E-state index in [0.29, 0.717) is 17.2 Å². The number of methoxy groups -OCH3 is 2. The second kappa shape index (κ2) is 9.20. The molecule has 0 fully saturated rings. The van der Waals surface area contributed by atoms with Crippen LogP contribution in [0.1, 0.15) is 33.9 Å². The molecule has 2 rings (SSSR count). The van der Waals surface area contributed by atoms with Crippen molar-refractivity contribution in [3.05, 3.63) is 70.2 Å². The van der Waals surface area contributed by atoms with E-state index in [1.165, 1.54) is 7.11 Å². The topological polar surface area (TPSA) is 64.6 Å². The maximum atomic E-state index is 12.5. The highest BCUT2D eigenvalue weighted by Gasteiger charge is 2.19. The van der Waals surface area contributed by atoms with Crippen LogP contribution in [-0.2, 0) is 20.9 Å². The molecule has 0 heterocycles. The Bertz CT molecular complexity index is 713. The molecule has 0 saturated heterocycles. The normalized spacial score (nSPS) is 11.6. The zero-order valence-corrected chi connectivity index (χ0v) is 14.9. The molecule has 132 valence electrons. The monoisotopic (exact) mass is 361 g/mol. The molecule has 0 saturated carbocycles. The van der Waals surface area contributed by atoms with Gasteiger partial charge in [0, 0.05) is 17.7 Å². The molecular weight excluding hydrogens is 342 g/mol. The Morgan fingerprint density at radius 3 is 2.24 bits per heavy atom. The number of carbonyl (C=O) groups is 2. The van der Waals surface area contributed by atoms with Crippen LogP contribution in [0.4, 0.5) is 0 Å². The minimum atomic E-state index is -0.504. The lowest BCUT2D eigenvalue weighted by Gasteiger charge is -2.18. The SMILES string of the molecule is COCc1ccc(C(=O)NC(CC(=O)OC)c2ccc(Cl)cc2)cc1. The predicted octanol–water partition coefficient (Wildman–Crippen LogP) is 3.52. The van der Waals surface area contributed by atoms with E-state index in [1.54, 1.807) is 43.5 Å². The van der Waals surface area contributed by atoms with Gasteiger partial charge in [0.05, 0.1) is 26.2 Å². The summed E-state index contributed by atoms with van der Waals surface area (Å²) in [6, 6.07) is 13.6. The second-order valence-electron chi connectivity index (χ2n) is 5.49. The van der Waals surface area contributed by atoms with Gasteiger partial charge in [0.15, 0.2) is 0 Å². The van der Waals surface area contributed by atoms with Gasteiger partial charge in [-0.3, -0.25) is 9.59 Å². The van der Waals surface area contributed by atoms with Gasteiger partial charge in [-0.15, -0.1) is 0 Å². The quantitative estimate of drug-likeness (QED) is 0.766. The molecule has 0 bridgehead atoms. The fourth-order valence-electron chi connectivity index (χ4n) is 2.36. The molecule has 0 spiro atoms. The van der Waals surface area contributed by atoms with Gasteiger partial charge in [-0.05, 0) is 35.4 Å². The molecule has 6 heteroatoms. The molecule has 0 aliphatic heterocycles. The van der Waals surface area contributed by atoms with E-state index < -0.39 is 12.0 Å². The molecule has 1 N–H and O–H groups in total. The third kappa shape index (κ3) is 5.59. The minimum absolute atomic E-state index is 0.0334. The first-order valence-corrected chi connectivity index (χ1v) is 8.12. The molecule has 1 unspecified atom stereocenters. The lowest BCUT2D eigenvalue weighted by atomic mass is 10.0. The Morgan fingerprint density at radius 2 is 1.68 bits per heavy atom. The summed E-state index contributed by atoms with van der Waals surface area (Å²) in [5.74, 6) is -0.677. The van der Waals surface area contributed by atoms with Crippen molar-refractivity contribution in [1.82, 2.24) is 5.32 Å². The Balaban J connectivity index is 2.15. The Hall–Kier alpha value is -2.37. The Morgan fingerprint density at radius 1 is 1.04 bits per heavy atom. The first kappa shape index (κ1) is 19.0. The van der Waals surface area contributed by atoms with Crippen LogP contribution in [0.25, 0.3) is 0 Å². The summed E-state index contributed by atoms with van der Waals surface area (Å²) in [7, 11) is 2.93. The minimum Gasteiger partial charge on any atom is -0.469 e. The van der Waals surface area contributed by atoms with Crippen molar-refractivity contribution in [2.45, 2.75) is 19.1 Å².